The molecule has 0 aromatic heterocycles. The van der Waals surface area contributed by atoms with Crippen LogP contribution in [-0.2, 0) is 14.8 Å². The van der Waals surface area contributed by atoms with Gasteiger partial charge in [0.05, 0.1) is 17.6 Å². The number of hydrogen-bond acceptors (Lipinski definition) is 4. The van der Waals surface area contributed by atoms with Crippen LogP contribution in [0.25, 0.3) is 0 Å². The van der Waals surface area contributed by atoms with Crippen molar-refractivity contribution in [2.75, 3.05) is 41.6 Å². The van der Waals surface area contributed by atoms with Gasteiger partial charge in [0, 0.05) is 26.2 Å². The van der Waals surface area contributed by atoms with Crippen LogP contribution in [0.4, 0.5) is 15.8 Å². The molecule has 162 valence electrons. The average molecular weight is 434 g/mol. The van der Waals surface area contributed by atoms with Crippen molar-refractivity contribution >= 4 is 27.3 Å². The fourth-order valence-electron chi connectivity index (χ4n) is 3.90. The molecule has 0 saturated carbocycles. The van der Waals surface area contributed by atoms with E-state index in [-0.39, 0.29) is 11.7 Å². The molecule has 0 spiro atoms. The third-order valence-electron chi connectivity index (χ3n) is 5.35. The molecule has 8 heteroatoms. The van der Waals surface area contributed by atoms with Crippen molar-refractivity contribution in [1.82, 2.24) is 4.90 Å². The molecular weight excluding hydrogens is 405 g/mol. The summed E-state index contributed by atoms with van der Waals surface area (Å²) >= 11 is 0. The second kappa shape index (κ2) is 9.04. The predicted molar refractivity (Wildman–Crippen MR) is 118 cm³/mol. The molecule has 0 bridgehead atoms. The highest BCUT2D eigenvalue weighted by Gasteiger charge is 2.35. The minimum Gasteiger partial charge on any atom is -0.366 e. The molecule has 0 radical (unpaired) electrons. The fourth-order valence-corrected chi connectivity index (χ4v) is 5.09. The maximum Gasteiger partial charge on any atom is 0.246 e. The van der Waals surface area contributed by atoms with Gasteiger partial charge in [0.15, 0.2) is 0 Å². The van der Waals surface area contributed by atoms with Crippen molar-refractivity contribution in [1.29, 1.82) is 0 Å². The van der Waals surface area contributed by atoms with Crippen LogP contribution in [0, 0.1) is 12.7 Å². The highest BCUT2D eigenvalue weighted by Crippen LogP contribution is 2.26. The summed E-state index contributed by atoms with van der Waals surface area (Å²) in [7, 11) is -3.66. The van der Waals surface area contributed by atoms with E-state index >= 15 is 0 Å². The Kier molecular flexibility index (Phi) is 6.65. The molecule has 1 fully saturated rings. The largest absolute Gasteiger partial charge is 0.366 e. The van der Waals surface area contributed by atoms with Crippen LogP contribution in [0.3, 0.4) is 0 Å². The zero-order chi connectivity index (χ0) is 21.9. The molecule has 1 aliphatic heterocycles. The second-order valence-corrected chi connectivity index (χ2v) is 9.45. The Morgan fingerprint density at radius 3 is 2.33 bits per heavy atom. The van der Waals surface area contributed by atoms with Crippen molar-refractivity contribution in [3.05, 3.63) is 59.9 Å². The number of piperazine rings is 1. The molecule has 2 aromatic carbocycles. The van der Waals surface area contributed by atoms with Gasteiger partial charge in [-0.05, 0) is 43.2 Å². The van der Waals surface area contributed by atoms with Crippen molar-refractivity contribution in [3.63, 3.8) is 0 Å². The number of nitrogens with zero attached hydrogens (tertiary/aromatic N) is 3. The number of sulfonamides is 1. The molecule has 6 nitrogen and oxygen atoms in total. The van der Waals surface area contributed by atoms with E-state index in [1.165, 1.54) is 10.4 Å². The van der Waals surface area contributed by atoms with Gasteiger partial charge in [0.2, 0.25) is 15.9 Å². The van der Waals surface area contributed by atoms with E-state index in [0.717, 1.165) is 11.8 Å². The van der Waals surface area contributed by atoms with Gasteiger partial charge >= 0.3 is 0 Å². The van der Waals surface area contributed by atoms with Crippen LogP contribution >= 0.6 is 0 Å². The van der Waals surface area contributed by atoms with E-state index in [4.69, 9.17) is 0 Å². The lowest BCUT2D eigenvalue weighted by molar-refractivity contribution is -0.132. The highest BCUT2D eigenvalue weighted by molar-refractivity contribution is 7.92. The maximum atomic E-state index is 14.1. The van der Waals surface area contributed by atoms with Crippen LogP contribution in [0.2, 0.25) is 0 Å². The van der Waals surface area contributed by atoms with Crippen molar-refractivity contribution in [2.24, 2.45) is 0 Å². The highest BCUT2D eigenvalue weighted by atomic mass is 32.2. The van der Waals surface area contributed by atoms with Gasteiger partial charge in [-0.15, -0.1) is 0 Å². The van der Waals surface area contributed by atoms with Gasteiger partial charge in [-0.2, -0.15) is 0 Å². The molecule has 1 saturated heterocycles. The van der Waals surface area contributed by atoms with Gasteiger partial charge in [-0.25, -0.2) is 12.8 Å². The standard InChI is InChI=1S/C22H28FN3O3S/c1-4-20(26(30(3,28)29)18-9-7-8-17(2)16-18)22(27)25-14-12-24(13-15-25)21-11-6-5-10-19(21)23/h5-11,16,20H,4,12-15H2,1-3H3/t20-/m1/s1. The van der Waals surface area contributed by atoms with Gasteiger partial charge < -0.3 is 9.80 Å². The summed E-state index contributed by atoms with van der Waals surface area (Å²) in [6.45, 7) is 5.50. The number of halogens is 1. The second-order valence-electron chi connectivity index (χ2n) is 7.59. The minimum absolute atomic E-state index is 0.224. The maximum absolute atomic E-state index is 14.1. The summed E-state index contributed by atoms with van der Waals surface area (Å²) in [6, 6.07) is 12.9. The minimum atomic E-state index is -3.66. The summed E-state index contributed by atoms with van der Waals surface area (Å²) in [5.74, 6) is -0.510. The van der Waals surface area contributed by atoms with Crippen molar-refractivity contribution in [2.45, 2.75) is 26.3 Å². The summed E-state index contributed by atoms with van der Waals surface area (Å²) in [5.41, 5.74) is 1.93. The first kappa shape index (κ1) is 22.1. The van der Waals surface area contributed by atoms with E-state index < -0.39 is 16.1 Å². The van der Waals surface area contributed by atoms with E-state index in [2.05, 4.69) is 0 Å². The molecule has 1 heterocycles. The first-order valence-electron chi connectivity index (χ1n) is 10.1. The van der Waals surface area contributed by atoms with Crippen LogP contribution < -0.4 is 9.21 Å². The molecule has 2 aromatic rings. The average Bonchev–Trinajstić information content (AvgIpc) is 2.71. The first-order valence-corrected chi connectivity index (χ1v) is 11.9. The van der Waals surface area contributed by atoms with Gasteiger partial charge in [0.1, 0.15) is 11.9 Å². The number of benzene rings is 2. The van der Waals surface area contributed by atoms with Crippen LogP contribution in [0.15, 0.2) is 48.5 Å². The molecule has 30 heavy (non-hydrogen) atoms. The number of hydrogen-bond donors (Lipinski definition) is 0. The van der Waals surface area contributed by atoms with E-state index in [1.54, 1.807) is 41.3 Å². The zero-order valence-electron chi connectivity index (χ0n) is 17.6. The SMILES string of the molecule is CC[C@H](C(=O)N1CCN(c2ccccc2F)CC1)N(c1cccc(C)c1)S(C)(=O)=O. The molecule has 0 aliphatic carbocycles. The molecule has 0 N–H and O–H groups in total. The van der Waals surface area contributed by atoms with Crippen molar-refractivity contribution < 1.29 is 17.6 Å². The number of amides is 1. The lowest BCUT2D eigenvalue weighted by atomic mass is 10.1. The molecule has 1 aliphatic rings. The molecule has 1 amide bonds. The Morgan fingerprint density at radius 1 is 1.10 bits per heavy atom. The number of carbonyl (C=O) groups excluding carboxylic acids is 1. The summed E-state index contributed by atoms with van der Waals surface area (Å²) in [5, 5.41) is 0. The van der Waals surface area contributed by atoms with E-state index in [9.17, 15) is 17.6 Å². The van der Waals surface area contributed by atoms with E-state index in [1.807, 2.05) is 24.8 Å². The number of anilines is 2. The van der Waals surface area contributed by atoms with Gasteiger partial charge in [0.25, 0.3) is 0 Å². The Bertz CT molecular complexity index is 1000. The number of carbonyl (C=O) groups is 1. The lowest BCUT2D eigenvalue weighted by Gasteiger charge is -2.39. The molecule has 1 atom stereocenters. The Hall–Kier alpha value is -2.61. The van der Waals surface area contributed by atoms with Crippen molar-refractivity contribution in [3.8, 4) is 0 Å². The molecular formula is C22H28FN3O3S. The van der Waals surface area contributed by atoms with Crippen LogP contribution in [0.1, 0.15) is 18.9 Å². The normalized spacial score (nSPS) is 15.7. The molecule has 0 unspecified atom stereocenters. The Balaban J connectivity index is 1.79. The number of aryl methyl sites for hydroxylation is 1. The fraction of sp³-hybridized carbons (Fsp3) is 0.409. The summed E-state index contributed by atoms with van der Waals surface area (Å²) < 4.78 is 40.5. The topological polar surface area (TPSA) is 60.9 Å². The monoisotopic (exact) mass is 433 g/mol. The predicted octanol–water partition coefficient (Wildman–Crippen LogP) is 3.03. The lowest BCUT2D eigenvalue weighted by Crippen LogP contribution is -2.56. The summed E-state index contributed by atoms with van der Waals surface area (Å²) in [4.78, 5) is 16.9. The summed E-state index contributed by atoms with van der Waals surface area (Å²) in [6.07, 6.45) is 1.48. The smallest absolute Gasteiger partial charge is 0.246 e. The van der Waals surface area contributed by atoms with E-state index in [0.29, 0.717) is 44.0 Å². The first-order chi connectivity index (χ1) is 14.2. The quantitative estimate of drug-likeness (QED) is 0.703. The van der Waals surface area contributed by atoms with Crippen LogP contribution in [-0.4, -0.2) is 57.7 Å². The third-order valence-corrected chi connectivity index (χ3v) is 6.53. The Labute approximate surface area is 177 Å². The number of para-hydroxylation sites is 1. The molecule has 3 rings (SSSR count). The van der Waals surface area contributed by atoms with Gasteiger partial charge in [-0.3, -0.25) is 9.10 Å². The third kappa shape index (κ3) is 4.75. The Morgan fingerprint density at radius 2 is 1.77 bits per heavy atom. The van der Waals surface area contributed by atoms with Crippen LogP contribution in [0.5, 0.6) is 0 Å². The zero-order valence-corrected chi connectivity index (χ0v) is 18.4. The van der Waals surface area contributed by atoms with Gasteiger partial charge in [-0.1, -0.05) is 31.2 Å². The number of rotatable bonds is 6.